The fraction of sp³-hybridized carbons (Fsp3) is 0.222. The summed E-state index contributed by atoms with van der Waals surface area (Å²) in [6.45, 7) is 5.78. The van der Waals surface area contributed by atoms with Gasteiger partial charge in [0.2, 0.25) is 0 Å². The number of carbonyl (C=O) groups excluding carboxylic acids is 1. The SMILES string of the molecule is Cc1cc(COC(=O)c2cc(C)n(-c3ccccc3)c2C)on1. The number of hydrogen-bond donors (Lipinski definition) is 0. The summed E-state index contributed by atoms with van der Waals surface area (Å²) in [6.07, 6.45) is 0. The maximum Gasteiger partial charge on any atom is 0.340 e. The zero-order valence-corrected chi connectivity index (χ0v) is 13.4. The van der Waals surface area contributed by atoms with E-state index >= 15 is 0 Å². The summed E-state index contributed by atoms with van der Waals surface area (Å²) >= 11 is 0. The van der Waals surface area contributed by atoms with Crippen molar-refractivity contribution in [1.82, 2.24) is 9.72 Å². The number of nitrogens with zero attached hydrogens (tertiary/aromatic N) is 2. The first-order valence-corrected chi connectivity index (χ1v) is 7.40. The molecule has 0 spiro atoms. The Morgan fingerprint density at radius 2 is 1.91 bits per heavy atom. The van der Waals surface area contributed by atoms with Crippen LogP contribution < -0.4 is 0 Å². The second kappa shape index (κ2) is 6.12. The van der Waals surface area contributed by atoms with E-state index in [-0.39, 0.29) is 12.6 Å². The highest BCUT2D eigenvalue weighted by Crippen LogP contribution is 2.21. The van der Waals surface area contributed by atoms with E-state index in [1.54, 1.807) is 6.07 Å². The zero-order valence-electron chi connectivity index (χ0n) is 13.4. The van der Waals surface area contributed by atoms with Crippen molar-refractivity contribution in [1.29, 1.82) is 0 Å². The van der Waals surface area contributed by atoms with Crippen molar-refractivity contribution >= 4 is 5.97 Å². The average Bonchev–Trinajstić information content (AvgIpc) is 3.09. The van der Waals surface area contributed by atoms with Gasteiger partial charge in [0.25, 0.3) is 0 Å². The van der Waals surface area contributed by atoms with E-state index < -0.39 is 0 Å². The number of ether oxygens (including phenoxy) is 1. The number of para-hydroxylation sites is 1. The number of aryl methyl sites for hydroxylation is 2. The molecule has 0 radical (unpaired) electrons. The van der Waals surface area contributed by atoms with Gasteiger partial charge in [0.15, 0.2) is 12.4 Å². The minimum Gasteiger partial charge on any atom is -0.454 e. The second-order valence-corrected chi connectivity index (χ2v) is 5.47. The van der Waals surface area contributed by atoms with Crippen LogP contribution in [0.2, 0.25) is 0 Å². The van der Waals surface area contributed by atoms with Crippen LogP contribution in [0.5, 0.6) is 0 Å². The van der Waals surface area contributed by atoms with Gasteiger partial charge in [-0.3, -0.25) is 0 Å². The maximum absolute atomic E-state index is 12.3. The molecule has 0 bridgehead atoms. The lowest BCUT2D eigenvalue weighted by atomic mass is 10.2. The van der Waals surface area contributed by atoms with Crippen LogP contribution in [0, 0.1) is 20.8 Å². The normalized spacial score (nSPS) is 10.7. The standard InChI is InChI=1S/C18H18N2O3/c1-12-9-16(23-19-12)11-22-18(21)17-10-13(2)20(14(17)3)15-7-5-4-6-8-15/h4-10H,11H2,1-3H3. The Morgan fingerprint density at radius 1 is 1.17 bits per heavy atom. The maximum atomic E-state index is 12.3. The molecule has 5 heteroatoms. The molecule has 2 aromatic heterocycles. The van der Waals surface area contributed by atoms with Crippen LogP contribution in [-0.4, -0.2) is 15.7 Å². The van der Waals surface area contributed by atoms with Gasteiger partial charge in [-0.25, -0.2) is 4.79 Å². The Kier molecular flexibility index (Phi) is 4.02. The van der Waals surface area contributed by atoms with Gasteiger partial charge in [-0.1, -0.05) is 23.4 Å². The lowest BCUT2D eigenvalue weighted by molar-refractivity contribution is 0.0436. The minimum atomic E-state index is -0.366. The summed E-state index contributed by atoms with van der Waals surface area (Å²) in [5.74, 6) is 0.169. The third kappa shape index (κ3) is 3.04. The molecule has 0 unspecified atom stereocenters. The van der Waals surface area contributed by atoms with Crippen LogP contribution in [-0.2, 0) is 11.3 Å². The molecule has 0 aliphatic rings. The fourth-order valence-electron chi connectivity index (χ4n) is 2.64. The van der Waals surface area contributed by atoms with Gasteiger partial charge in [-0.15, -0.1) is 0 Å². The number of carbonyl (C=O) groups is 1. The van der Waals surface area contributed by atoms with Crippen molar-refractivity contribution in [3.8, 4) is 5.69 Å². The molecule has 3 rings (SSSR count). The third-order valence-corrected chi connectivity index (χ3v) is 3.69. The molecule has 3 aromatic rings. The summed E-state index contributed by atoms with van der Waals surface area (Å²) in [4.78, 5) is 12.3. The molecule has 1 aromatic carbocycles. The molecule has 118 valence electrons. The van der Waals surface area contributed by atoms with Gasteiger partial charge in [0.1, 0.15) is 0 Å². The highest BCUT2D eigenvalue weighted by molar-refractivity contribution is 5.91. The fourth-order valence-corrected chi connectivity index (χ4v) is 2.64. The number of hydrogen-bond acceptors (Lipinski definition) is 4. The average molecular weight is 310 g/mol. The van der Waals surface area contributed by atoms with Gasteiger partial charge < -0.3 is 13.8 Å². The summed E-state index contributed by atoms with van der Waals surface area (Å²) in [5, 5.41) is 3.77. The second-order valence-electron chi connectivity index (χ2n) is 5.47. The molecule has 23 heavy (non-hydrogen) atoms. The van der Waals surface area contributed by atoms with E-state index in [0.29, 0.717) is 11.3 Å². The minimum absolute atomic E-state index is 0.0781. The van der Waals surface area contributed by atoms with Crippen molar-refractivity contribution in [2.45, 2.75) is 27.4 Å². The van der Waals surface area contributed by atoms with Crippen molar-refractivity contribution in [3.05, 3.63) is 70.9 Å². The molecule has 0 saturated heterocycles. The molecule has 0 saturated carbocycles. The molecular formula is C18H18N2O3. The predicted molar refractivity (Wildman–Crippen MR) is 85.6 cm³/mol. The topological polar surface area (TPSA) is 57.3 Å². The quantitative estimate of drug-likeness (QED) is 0.689. The molecule has 0 fully saturated rings. The lowest BCUT2D eigenvalue weighted by Gasteiger charge is -2.09. The van der Waals surface area contributed by atoms with E-state index in [9.17, 15) is 4.79 Å². The number of benzene rings is 1. The highest BCUT2D eigenvalue weighted by Gasteiger charge is 2.18. The van der Waals surface area contributed by atoms with E-state index in [4.69, 9.17) is 9.26 Å². The van der Waals surface area contributed by atoms with Crippen molar-refractivity contribution in [3.63, 3.8) is 0 Å². The number of aromatic nitrogens is 2. The van der Waals surface area contributed by atoms with Crippen LogP contribution in [0.15, 0.2) is 47.0 Å². The van der Waals surface area contributed by atoms with E-state index in [1.165, 1.54) is 0 Å². The first-order valence-electron chi connectivity index (χ1n) is 7.40. The first kappa shape index (κ1) is 15.1. The van der Waals surface area contributed by atoms with Gasteiger partial charge in [0.05, 0.1) is 11.3 Å². The molecular weight excluding hydrogens is 292 g/mol. The Balaban J connectivity index is 1.82. The Hall–Kier alpha value is -2.82. The Morgan fingerprint density at radius 3 is 2.57 bits per heavy atom. The highest BCUT2D eigenvalue weighted by atomic mass is 16.5. The smallest absolute Gasteiger partial charge is 0.340 e. The summed E-state index contributed by atoms with van der Waals surface area (Å²) < 4.78 is 12.4. The van der Waals surface area contributed by atoms with E-state index in [2.05, 4.69) is 5.16 Å². The molecule has 0 aliphatic carbocycles. The largest absolute Gasteiger partial charge is 0.454 e. The Bertz CT molecular complexity index is 831. The Labute approximate surface area is 134 Å². The summed E-state index contributed by atoms with van der Waals surface area (Å²) in [5.41, 5.74) is 4.18. The van der Waals surface area contributed by atoms with Crippen LogP contribution in [0.4, 0.5) is 0 Å². The summed E-state index contributed by atoms with van der Waals surface area (Å²) in [7, 11) is 0. The molecule has 0 atom stereocenters. The number of rotatable bonds is 4. The van der Waals surface area contributed by atoms with Crippen LogP contribution in [0.1, 0.15) is 33.2 Å². The van der Waals surface area contributed by atoms with E-state index in [0.717, 1.165) is 22.8 Å². The monoisotopic (exact) mass is 310 g/mol. The van der Waals surface area contributed by atoms with E-state index in [1.807, 2.05) is 61.7 Å². The van der Waals surface area contributed by atoms with Gasteiger partial charge in [0, 0.05) is 23.1 Å². The molecule has 0 amide bonds. The lowest BCUT2D eigenvalue weighted by Crippen LogP contribution is -2.07. The van der Waals surface area contributed by atoms with Crippen molar-refractivity contribution in [2.24, 2.45) is 0 Å². The summed E-state index contributed by atoms with van der Waals surface area (Å²) in [6, 6.07) is 13.5. The van der Waals surface area contributed by atoms with Crippen LogP contribution in [0.3, 0.4) is 0 Å². The van der Waals surface area contributed by atoms with Gasteiger partial charge >= 0.3 is 5.97 Å². The van der Waals surface area contributed by atoms with Gasteiger partial charge in [-0.2, -0.15) is 0 Å². The zero-order chi connectivity index (χ0) is 16.4. The number of esters is 1. The first-order chi connectivity index (χ1) is 11.1. The molecule has 0 N–H and O–H groups in total. The van der Waals surface area contributed by atoms with Gasteiger partial charge in [-0.05, 0) is 39.0 Å². The molecule has 5 nitrogen and oxygen atoms in total. The van der Waals surface area contributed by atoms with Crippen LogP contribution >= 0.6 is 0 Å². The van der Waals surface area contributed by atoms with Crippen LogP contribution in [0.25, 0.3) is 5.69 Å². The van der Waals surface area contributed by atoms with Crippen molar-refractivity contribution in [2.75, 3.05) is 0 Å². The van der Waals surface area contributed by atoms with Crippen molar-refractivity contribution < 1.29 is 14.1 Å². The predicted octanol–water partition coefficient (Wildman–Crippen LogP) is 3.75. The molecule has 0 aliphatic heterocycles. The molecule has 2 heterocycles. The third-order valence-electron chi connectivity index (χ3n) is 3.69.